The quantitative estimate of drug-likeness (QED) is 0.647. The Bertz CT molecular complexity index is 996. The molecular weight excluding hydrogens is 371 g/mol. The van der Waals surface area contributed by atoms with Crippen LogP contribution in [0.15, 0.2) is 42.5 Å². The molecule has 3 aromatic rings. The number of aromatic nitrogens is 2. The molecule has 0 atom stereocenters. The van der Waals surface area contributed by atoms with Gasteiger partial charge in [0.2, 0.25) is 5.91 Å². The molecule has 0 saturated carbocycles. The Morgan fingerprint density at radius 3 is 2.48 bits per heavy atom. The normalized spacial score (nSPS) is 11.6. The summed E-state index contributed by atoms with van der Waals surface area (Å²) in [5, 5.41) is 8.25. The molecule has 0 radical (unpaired) electrons. The van der Waals surface area contributed by atoms with Gasteiger partial charge in [-0.1, -0.05) is 6.07 Å². The number of carbonyl (C=O) groups is 1. The van der Waals surface area contributed by atoms with Gasteiger partial charge in [0.1, 0.15) is 11.6 Å². The zero-order valence-corrected chi connectivity index (χ0v) is 17.4. The number of nitrogens with one attached hydrogen (secondary N) is 1. The second kappa shape index (κ2) is 8.61. The van der Waals surface area contributed by atoms with Crippen LogP contribution in [0.25, 0.3) is 16.6 Å². The lowest BCUT2D eigenvalue weighted by Gasteiger charge is -2.19. The topological polar surface area (TPSA) is 59.4 Å². The van der Waals surface area contributed by atoms with Gasteiger partial charge in [-0.2, -0.15) is 0 Å². The predicted molar refractivity (Wildman–Crippen MR) is 113 cm³/mol. The third-order valence-electron chi connectivity index (χ3n) is 4.64. The summed E-state index contributed by atoms with van der Waals surface area (Å²) in [5.74, 6) is 0.576. The molecule has 0 aliphatic carbocycles. The largest absolute Gasteiger partial charge is 0.490 e. The number of halogens is 1. The summed E-state index contributed by atoms with van der Waals surface area (Å²) in [6, 6.07) is 11.9. The number of anilines is 1. The van der Waals surface area contributed by atoms with Gasteiger partial charge in [-0.15, -0.1) is 5.10 Å². The third-order valence-corrected chi connectivity index (χ3v) is 4.64. The molecule has 6 nitrogen and oxygen atoms in total. The molecule has 0 saturated heterocycles. The van der Waals surface area contributed by atoms with E-state index in [2.05, 4.69) is 10.4 Å². The summed E-state index contributed by atoms with van der Waals surface area (Å²) in [5.41, 5.74) is 1.46. The van der Waals surface area contributed by atoms with E-state index in [-0.39, 0.29) is 30.4 Å². The van der Waals surface area contributed by atoms with Crippen molar-refractivity contribution < 1.29 is 13.9 Å². The van der Waals surface area contributed by atoms with Gasteiger partial charge < -0.3 is 10.1 Å². The summed E-state index contributed by atoms with van der Waals surface area (Å²) >= 11 is 0. The highest BCUT2D eigenvalue weighted by Gasteiger charge is 2.20. The molecule has 0 fully saturated rings. The van der Waals surface area contributed by atoms with E-state index in [1.54, 1.807) is 16.8 Å². The van der Waals surface area contributed by atoms with Crippen molar-refractivity contribution >= 4 is 22.6 Å². The van der Waals surface area contributed by atoms with Crippen LogP contribution in [0.3, 0.4) is 0 Å². The van der Waals surface area contributed by atoms with E-state index in [0.29, 0.717) is 22.6 Å². The lowest BCUT2D eigenvalue weighted by molar-refractivity contribution is -0.117. The minimum absolute atomic E-state index is 0.0367. The lowest BCUT2D eigenvalue weighted by atomic mass is 10.2. The van der Waals surface area contributed by atoms with E-state index in [1.165, 1.54) is 12.1 Å². The van der Waals surface area contributed by atoms with Crippen LogP contribution in [0.2, 0.25) is 0 Å². The number of rotatable bonds is 7. The number of amides is 1. The smallest absolute Gasteiger partial charge is 0.239 e. The van der Waals surface area contributed by atoms with Gasteiger partial charge in [0.25, 0.3) is 0 Å². The fraction of sp³-hybridized carbons (Fsp3) is 0.364. The van der Waals surface area contributed by atoms with Crippen LogP contribution in [0.1, 0.15) is 27.7 Å². The van der Waals surface area contributed by atoms with E-state index in [0.717, 1.165) is 5.52 Å². The Morgan fingerprint density at radius 2 is 1.86 bits per heavy atom. The molecule has 1 N–H and O–H groups in total. The predicted octanol–water partition coefficient (Wildman–Crippen LogP) is 4.23. The molecule has 0 spiro atoms. The number of hydrogen-bond acceptors (Lipinski definition) is 4. The second-order valence-electron chi connectivity index (χ2n) is 7.61. The molecule has 1 heterocycles. The molecule has 7 heteroatoms. The molecule has 0 unspecified atom stereocenters. The standard InChI is InChI=1S/C22H27FN4O2/c1-14(2)26(5)13-20(28)24-22-21-18(7-6-8-19(21)29-15(3)4)27(25-22)17-11-9-16(23)10-12-17/h6-12,14-15H,13H2,1-5H3,(H,24,25,28). The van der Waals surface area contributed by atoms with Gasteiger partial charge in [0.15, 0.2) is 5.82 Å². The first-order valence-corrected chi connectivity index (χ1v) is 9.70. The van der Waals surface area contributed by atoms with E-state index in [9.17, 15) is 9.18 Å². The minimum Gasteiger partial charge on any atom is -0.490 e. The number of fused-ring (bicyclic) bond motifs is 1. The van der Waals surface area contributed by atoms with Gasteiger partial charge in [-0.25, -0.2) is 9.07 Å². The number of likely N-dealkylation sites (N-methyl/N-ethyl adjacent to an activating group) is 1. The van der Waals surface area contributed by atoms with Crippen LogP contribution < -0.4 is 10.1 Å². The Hall–Kier alpha value is -2.93. The summed E-state index contributed by atoms with van der Waals surface area (Å²) in [6.45, 7) is 8.19. The summed E-state index contributed by atoms with van der Waals surface area (Å²) in [4.78, 5) is 14.5. The summed E-state index contributed by atoms with van der Waals surface area (Å²) < 4.78 is 21.0. The van der Waals surface area contributed by atoms with Crippen LogP contribution >= 0.6 is 0 Å². The van der Waals surface area contributed by atoms with Crippen molar-refractivity contribution in [1.29, 1.82) is 0 Å². The Balaban J connectivity index is 2.07. The van der Waals surface area contributed by atoms with E-state index >= 15 is 0 Å². The minimum atomic E-state index is -0.320. The molecule has 3 rings (SSSR count). The number of nitrogens with zero attached hydrogens (tertiary/aromatic N) is 3. The average molecular weight is 398 g/mol. The van der Waals surface area contributed by atoms with Crippen molar-refractivity contribution in [2.24, 2.45) is 0 Å². The fourth-order valence-corrected chi connectivity index (χ4v) is 2.94. The maximum atomic E-state index is 13.4. The Labute approximate surface area is 170 Å². The number of hydrogen-bond donors (Lipinski definition) is 1. The summed E-state index contributed by atoms with van der Waals surface area (Å²) in [7, 11) is 1.90. The highest BCUT2D eigenvalue weighted by Crippen LogP contribution is 2.34. The highest BCUT2D eigenvalue weighted by atomic mass is 19.1. The van der Waals surface area contributed by atoms with Crippen LogP contribution in [0, 0.1) is 5.82 Å². The molecule has 0 aliphatic heterocycles. The Kier molecular flexibility index (Phi) is 6.17. The van der Waals surface area contributed by atoms with Crippen molar-refractivity contribution in [3.8, 4) is 11.4 Å². The van der Waals surface area contributed by atoms with Gasteiger partial charge in [0, 0.05) is 6.04 Å². The maximum Gasteiger partial charge on any atom is 0.239 e. The van der Waals surface area contributed by atoms with E-state index in [1.807, 2.05) is 57.8 Å². The van der Waals surface area contributed by atoms with Crippen molar-refractivity contribution in [3.63, 3.8) is 0 Å². The summed E-state index contributed by atoms with van der Waals surface area (Å²) in [6.07, 6.45) is -0.0367. The van der Waals surface area contributed by atoms with E-state index < -0.39 is 0 Å². The molecule has 2 aromatic carbocycles. The lowest BCUT2D eigenvalue weighted by Crippen LogP contribution is -2.34. The zero-order chi connectivity index (χ0) is 21.1. The highest BCUT2D eigenvalue weighted by molar-refractivity contribution is 6.03. The number of benzene rings is 2. The van der Waals surface area contributed by atoms with Crippen molar-refractivity contribution in [2.75, 3.05) is 18.9 Å². The van der Waals surface area contributed by atoms with Crippen LogP contribution in [0.4, 0.5) is 10.2 Å². The molecule has 29 heavy (non-hydrogen) atoms. The average Bonchev–Trinajstić information content (AvgIpc) is 3.01. The molecule has 1 amide bonds. The van der Waals surface area contributed by atoms with Crippen LogP contribution in [-0.2, 0) is 4.79 Å². The number of ether oxygens (including phenoxy) is 1. The SMILES string of the molecule is CC(C)Oc1cccc2c1c(NC(=O)CN(C)C(C)C)nn2-c1ccc(F)cc1. The van der Waals surface area contributed by atoms with Gasteiger partial charge >= 0.3 is 0 Å². The first kappa shape index (κ1) is 20.8. The van der Waals surface area contributed by atoms with Crippen molar-refractivity contribution in [3.05, 3.63) is 48.3 Å². The molecule has 154 valence electrons. The first-order chi connectivity index (χ1) is 13.8. The van der Waals surface area contributed by atoms with Gasteiger partial charge in [-0.3, -0.25) is 9.69 Å². The van der Waals surface area contributed by atoms with Gasteiger partial charge in [0.05, 0.1) is 29.2 Å². The Morgan fingerprint density at radius 1 is 1.17 bits per heavy atom. The molecule has 0 aliphatic rings. The number of carbonyl (C=O) groups excluding carboxylic acids is 1. The fourth-order valence-electron chi connectivity index (χ4n) is 2.94. The maximum absolute atomic E-state index is 13.4. The zero-order valence-electron chi connectivity index (χ0n) is 17.4. The van der Waals surface area contributed by atoms with Crippen molar-refractivity contribution in [2.45, 2.75) is 39.8 Å². The molecule has 1 aromatic heterocycles. The molecule has 0 bridgehead atoms. The molecular formula is C22H27FN4O2. The van der Waals surface area contributed by atoms with Crippen molar-refractivity contribution in [1.82, 2.24) is 14.7 Å². The second-order valence-corrected chi connectivity index (χ2v) is 7.61. The van der Waals surface area contributed by atoms with E-state index in [4.69, 9.17) is 4.74 Å². The van der Waals surface area contributed by atoms with Gasteiger partial charge in [-0.05, 0) is 71.1 Å². The first-order valence-electron chi connectivity index (χ1n) is 9.70. The van der Waals surface area contributed by atoms with Crippen LogP contribution in [-0.4, -0.2) is 46.3 Å². The monoisotopic (exact) mass is 398 g/mol. The third kappa shape index (κ3) is 4.74. The van der Waals surface area contributed by atoms with Crippen LogP contribution in [0.5, 0.6) is 5.75 Å².